The van der Waals surface area contributed by atoms with Crippen LogP contribution in [0.4, 0.5) is 0 Å². The molecule has 5 aliphatic rings. The third-order valence-electron chi connectivity index (χ3n) is 7.48. The fraction of sp³-hybridized carbons (Fsp3) is 0.700. The number of carbonyl (C=O) groups is 2. The summed E-state index contributed by atoms with van der Waals surface area (Å²) in [5.41, 5.74) is -3.03. The number of allylic oxidation sites excluding steroid dienone is 1. The molecule has 0 radical (unpaired) electrons. The normalized spacial score (nSPS) is 53.8. The molecule has 28 heavy (non-hydrogen) atoms. The topological polar surface area (TPSA) is 118 Å². The molecule has 152 valence electrons. The van der Waals surface area contributed by atoms with Gasteiger partial charge in [-0.2, -0.15) is 0 Å². The van der Waals surface area contributed by atoms with Crippen molar-refractivity contribution in [3.63, 3.8) is 0 Å². The third kappa shape index (κ3) is 1.94. The van der Waals surface area contributed by atoms with Crippen molar-refractivity contribution < 1.29 is 38.7 Å². The first-order valence-electron chi connectivity index (χ1n) is 9.56. The molecule has 3 saturated heterocycles. The van der Waals surface area contributed by atoms with E-state index in [0.29, 0.717) is 12.2 Å². The molecule has 3 aliphatic heterocycles. The van der Waals surface area contributed by atoms with Crippen LogP contribution in [0.2, 0.25) is 0 Å². The van der Waals surface area contributed by atoms with Gasteiger partial charge in [0.15, 0.2) is 0 Å². The molecule has 0 aromatic carbocycles. The van der Waals surface area contributed by atoms with Crippen LogP contribution in [0.15, 0.2) is 23.8 Å². The Morgan fingerprint density at radius 1 is 1.39 bits per heavy atom. The van der Waals surface area contributed by atoms with Gasteiger partial charge in [0.1, 0.15) is 35.1 Å². The SMILES string of the molecule is C=C1C(=O)O[C@H]2[C@@H]1[C@H](OC(=O)/C(C)=C/C)C[C@@]1(CO1)[C@@H]1[C@H](O)[C@H]3O[C@@]3(C)[C@]21O. The molecule has 5 rings (SSSR count). The molecule has 2 aliphatic carbocycles. The molecular weight excluding hydrogens is 368 g/mol. The quantitative estimate of drug-likeness (QED) is 0.383. The molecule has 0 aromatic rings. The van der Waals surface area contributed by atoms with Crippen molar-refractivity contribution in [1.82, 2.24) is 0 Å². The first kappa shape index (κ1) is 18.3. The van der Waals surface area contributed by atoms with Gasteiger partial charge in [0.25, 0.3) is 0 Å². The second-order valence-corrected chi connectivity index (χ2v) is 8.79. The summed E-state index contributed by atoms with van der Waals surface area (Å²) in [4.78, 5) is 24.8. The molecule has 1 spiro atoms. The average molecular weight is 392 g/mol. The number of epoxide rings is 2. The molecule has 3 heterocycles. The van der Waals surface area contributed by atoms with Crippen LogP contribution >= 0.6 is 0 Å². The Bertz CT molecular complexity index is 828. The lowest BCUT2D eigenvalue weighted by Crippen LogP contribution is -2.61. The maximum absolute atomic E-state index is 12.5. The summed E-state index contributed by atoms with van der Waals surface area (Å²) in [6.07, 6.45) is -1.48. The highest BCUT2D eigenvalue weighted by atomic mass is 16.7. The van der Waals surface area contributed by atoms with Crippen LogP contribution < -0.4 is 0 Å². The Morgan fingerprint density at radius 3 is 2.68 bits per heavy atom. The van der Waals surface area contributed by atoms with E-state index in [1.54, 1.807) is 26.8 Å². The van der Waals surface area contributed by atoms with Crippen molar-refractivity contribution in [2.24, 2.45) is 11.8 Å². The number of carbonyl (C=O) groups excluding carboxylic acids is 2. The summed E-state index contributed by atoms with van der Waals surface area (Å²) in [5, 5.41) is 22.8. The molecule has 2 N–H and O–H groups in total. The van der Waals surface area contributed by atoms with E-state index in [1.165, 1.54) is 0 Å². The van der Waals surface area contributed by atoms with Crippen LogP contribution in [0.25, 0.3) is 0 Å². The van der Waals surface area contributed by atoms with Gasteiger partial charge in [0.2, 0.25) is 0 Å². The van der Waals surface area contributed by atoms with E-state index in [1.807, 2.05) is 0 Å². The zero-order chi connectivity index (χ0) is 20.2. The second-order valence-electron chi connectivity index (χ2n) is 8.79. The molecule has 2 saturated carbocycles. The van der Waals surface area contributed by atoms with Gasteiger partial charge in [-0.05, 0) is 20.8 Å². The lowest BCUT2D eigenvalue weighted by atomic mass is 9.71. The molecule has 0 amide bonds. The van der Waals surface area contributed by atoms with Crippen molar-refractivity contribution in [2.75, 3.05) is 6.61 Å². The minimum Gasteiger partial charge on any atom is -0.458 e. The van der Waals surface area contributed by atoms with Gasteiger partial charge in [-0.25, -0.2) is 9.59 Å². The number of hydrogen-bond donors (Lipinski definition) is 2. The maximum atomic E-state index is 12.5. The lowest BCUT2D eigenvalue weighted by Gasteiger charge is -2.41. The van der Waals surface area contributed by atoms with E-state index in [0.717, 1.165) is 0 Å². The van der Waals surface area contributed by atoms with Crippen molar-refractivity contribution in [2.45, 2.75) is 68.4 Å². The van der Waals surface area contributed by atoms with Gasteiger partial charge < -0.3 is 29.2 Å². The Hall–Kier alpha value is -1.74. The fourth-order valence-electron chi connectivity index (χ4n) is 5.68. The minimum absolute atomic E-state index is 0.146. The summed E-state index contributed by atoms with van der Waals surface area (Å²) in [7, 11) is 0. The van der Waals surface area contributed by atoms with E-state index in [9.17, 15) is 19.8 Å². The fourth-order valence-corrected chi connectivity index (χ4v) is 5.68. The van der Waals surface area contributed by atoms with E-state index in [-0.39, 0.29) is 12.0 Å². The zero-order valence-electron chi connectivity index (χ0n) is 16.0. The molecule has 8 nitrogen and oxygen atoms in total. The molecule has 0 aromatic heterocycles. The largest absolute Gasteiger partial charge is 0.458 e. The van der Waals surface area contributed by atoms with E-state index in [4.69, 9.17) is 18.9 Å². The van der Waals surface area contributed by atoms with E-state index >= 15 is 0 Å². The van der Waals surface area contributed by atoms with Crippen LogP contribution in [-0.4, -0.2) is 70.0 Å². The summed E-state index contributed by atoms with van der Waals surface area (Å²) in [5.74, 6) is -2.62. The summed E-state index contributed by atoms with van der Waals surface area (Å²) in [6.45, 7) is 9.24. The molecule has 0 unspecified atom stereocenters. The first-order chi connectivity index (χ1) is 13.1. The van der Waals surface area contributed by atoms with Crippen molar-refractivity contribution in [3.8, 4) is 0 Å². The third-order valence-corrected chi connectivity index (χ3v) is 7.48. The van der Waals surface area contributed by atoms with Crippen LogP contribution in [0.1, 0.15) is 27.2 Å². The highest BCUT2D eigenvalue weighted by molar-refractivity contribution is 5.92. The standard InChI is InChI=1S/C20H24O8/c1-5-8(2)16(22)26-10-6-19(7-25-19)13-12(21)15-18(4,28-15)20(13,24)14-11(10)9(3)17(23)27-14/h5,10-15,21,24H,3,6-7H2,1-2,4H3/b8-5+/t10-,11+,12+,13+,14+,15-,18-,19-,20-/m1/s1. The number of rotatable bonds is 2. The number of ether oxygens (including phenoxy) is 4. The number of esters is 2. The molecule has 9 atom stereocenters. The maximum Gasteiger partial charge on any atom is 0.334 e. The second kappa shape index (κ2) is 5.24. The minimum atomic E-state index is -1.68. The van der Waals surface area contributed by atoms with Crippen LogP contribution in [-0.2, 0) is 28.5 Å². The number of aliphatic hydroxyl groups is 2. The van der Waals surface area contributed by atoms with Gasteiger partial charge in [0, 0.05) is 17.6 Å². The number of fused-ring (bicyclic) bond motifs is 6. The van der Waals surface area contributed by atoms with E-state index < -0.39 is 65.0 Å². The van der Waals surface area contributed by atoms with Crippen LogP contribution in [0.3, 0.4) is 0 Å². The summed E-state index contributed by atoms with van der Waals surface area (Å²) in [6, 6.07) is 0. The van der Waals surface area contributed by atoms with Crippen molar-refractivity contribution >= 4 is 11.9 Å². The number of aliphatic hydroxyl groups excluding tert-OH is 1. The van der Waals surface area contributed by atoms with Crippen molar-refractivity contribution in [1.29, 1.82) is 0 Å². The predicted octanol–water partition coefficient (Wildman–Crippen LogP) is 0.0142. The Labute approximate surface area is 162 Å². The molecule has 5 fully saturated rings. The van der Waals surface area contributed by atoms with Gasteiger partial charge >= 0.3 is 11.9 Å². The number of hydrogen-bond acceptors (Lipinski definition) is 8. The first-order valence-corrected chi connectivity index (χ1v) is 9.56. The average Bonchev–Trinajstić information content (AvgIpc) is 3.53. The summed E-state index contributed by atoms with van der Waals surface area (Å²) < 4.78 is 22.7. The Balaban J connectivity index is 1.61. The smallest absolute Gasteiger partial charge is 0.334 e. The van der Waals surface area contributed by atoms with Crippen LogP contribution in [0, 0.1) is 11.8 Å². The Morgan fingerprint density at radius 2 is 2.07 bits per heavy atom. The van der Waals surface area contributed by atoms with E-state index in [2.05, 4.69) is 6.58 Å². The van der Waals surface area contributed by atoms with Crippen LogP contribution in [0.5, 0.6) is 0 Å². The predicted molar refractivity (Wildman–Crippen MR) is 92.8 cm³/mol. The van der Waals surface area contributed by atoms with Gasteiger partial charge in [-0.1, -0.05) is 12.7 Å². The van der Waals surface area contributed by atoms with Gasteiger partial charge in [-0.15, -0.1) is 0 Å². The van der Waals surface area contributed by atoms with Crippen molar-refractivity contribution in [3.05, 3.63) is 23.8 Å². The molecular formula is C20H24O8. The highest BCUT2D eigenvalue weighted by Gasteiger charge is 2.88. The molecule has 0 bridgehead atoms. The lowest BCUT2D eigenvalue weighted by molar-refractivity contribution is -0.196. The highest BCUT2D eigenvalue weighted by Crippen LogP contribution is 2.69. The summed E-state index contributed by atoms with van der Waals surface area (Å²) >= 11 is 0. The Kier molecular flexibility index (Phi) is 3.43. The van der Waals surface area contributed by atoms with Gasteiger partial charge in [0.05, 0.1) is 24.5 Å². The van der Waals surface area contributed by atoms with Gasteiger partial charge in [-0.3, -0.25) is 0 Å². The molecule has 8 heteroatoms. The monoisotopic (exact) mass is 392 g/mol. The zero-order valence-corrected chi connectivity index (χ0v) is 16.0.